The highest BCUT2D eigenvalue weighted by Crippen LogP contribution is 2.20. The number of ether oxygens (including phenoxy) is 1. The Bertz CT molecular complexity index is 1410. The zero-order valence-electron chi connectivity index (χ0n) is 19.4. The maximum absolute atomic E-state index is 13.1. The minimum absolute atomic E-state index is 0.138. The number of benzene rings is 2. The van der Waals surface area contributed by atoms with Crippen molar-refractivity contribution in [2.45, 2.75) is 33.4 Å². The number of imidazole rings is 1. The first-order valence-electron chi connectivity index (χ1n) is 11.3. The summed E-state index contributed by atoms with van der Waals surface area (Å²) in [6, 6.07) is 10.9. The monoisotopic (exact) mass is 458 g/mol. The molecule has 9 heteroatoms. The van der Waals surface area contributed by atoms with Crippen LogP contribution in [-0.4, -0.2) is 62.0 Å². The van der Waals surface area contributed by atoms with Crippen molar-refractivity contribution in [3.63, 3.8) is 0 Å². The maximum atomic E-state index is 13.1. The van der Waals surface area contributed by atoms with Crippen LogP contribution in [-0.2, 0) is 16.1 Å². The second kappa shape index (κ2) is 8.83. The number of fused-ring (bicyclic) bond motifs is 2. The van der Waals surface area contributed by atoms with Crippen molar-refractivity contribution in [3.8, 4) is 0 Å². The lowest BCUT2D eigenvalue weighted by Crippen LogP contribution is -2.50. The van der Waals surface area contributed by atoms with Crippen molar-refractivity contribution < 1.29 is 14.3 Å². The predicted octanol–water partition coefficient (Wildman–Crippen LogP) is 3.10. The van der Waals surface area contributed by atoms with Gasteiger partial charge in [-0.05, 0) is 57.2 Å². The van der Waals surface area contributed by atoms with Gasteiger partial charge in [0, 0.05) is 24.3 Å². The summed E-state index contributed by atoms with van der Waals surface area (Å²) in [5, 5.41) is 2.89. The molecule has 5 rings (SSSR count). The average molecular weight is 459 g/mol. The Kier molecular flexibility index (Phi) is 5.70. The normalized spacial score (nSPS) is 16.2. The molecule has 174 valence electrons. The number of anilines is 1. The number of aromatic nitrogens is 4. The molecule has 0 radical (unpaired) electrons. The van der Waals surface area contributed by atoms with Gasteiger partial charge in [-0.15, -0.1) is 0 Å². The van der Waals surface area contributed by atoms with Gasteiger partial charge in [0.2, 0.25) is 0 Å². The molecule has 0 spiro atoms. The smallest absolute Gasteiger partial charge is 0.255 e. The molecular weight excluding hydrogens is 432 g/mol. The largest absolute Gasteiger partial charge is 0.365 e. The van der Waals surface area contributed by atoms with E-state index in [-0.39, 0.29) is 25.0 Å². The highest BCUT2D eigenvalue weighted by Gasteiger charge is 2.30. The fraction of sp³-hybridized carbons (Fsp3) is 0.320. The van der Waals surface area contributed by atoms with E-state index in [4.69, 9.17) is 4.74 Å². The third-order valence-electron chi connectivity index (χ3n) is 6.20. The number of amides is 2. The van der Waals surface area contributed by atoms with Crippen LogP contribution in [0.1, 0.15) is 28.7 Å². The summed E-state index contributed by atoms with van der Waals surface area (Å²) in [7, 11) is 0. The summed E-state index contributed by atoms with van der Waals surface area (Å²) in [5.41, 5.74) is 6.13. The van der Waals surface area contributed by atoms with Gasteiger partial charge in [-0.2, -0.15) is 0 Å². The molecule has 1 atom stereocenters. The van der Waals surface area contributed by atoms with E-state index in [1.165, 1.54) is 0 Å². The number of nitrogens with one attached hydrogen (secondary N) is 1. The van der Waals surface area contributed by atoms with Crippen molar-refractivity contribution in [1.29, 1.82) is 0 Å². The third-order valence-corrected chi connectivity index (χ3v) is 6.20. The number of hydrogen-bond donors (Lipinski definition) is 1. The number of carbonyl (C=O) groups excluding carboxylic acids is 2. The fourth-order valence-electron chi connectivity index (χ4n) is 4.15. The van der Waals surface area contributed by atoms with Gasteiger partial charge in [0.1, 0.15) is 0 Å². The van der Waals surface area contributed by atoms with Gasteiger partial charge in [0.05, 0.1) is 52.9 Å². The Labute approximate surface area is 196 Å². The van der Waals surface area contributed by atoms with E-state index in [2.05, 4.69) is 20.3 Å². The number of nitrogens with zero attached hydrogens (tertiary/aromatic N) is 5. The molecule has 3 heterocycles. The van der Waals surface area contributed by atoms with Gasteiger partial charge < -0.3 is 19.5 Å². The van der Waals surface area contributed by atoms with Gasteiger partial charge in [-0.25, -0.2) is 15.0 Å². The predicted molar refractivity (Wildman–Crippen MR) is 129 cm³/mol. The van der Waals surface area contributed by atoms with Crippen LogP contribution in [0.2, 0.25) is 0 Å². The summed E-state index contributed by atoms with van der Waals surface area (Å²) in [4.78, 5) is 41.2. The van der Waals surface area contributed by atoms with Crippen molar-refractivity contribution in [2.75, 3.05) is 25.0 Å². The van der Waals surface area contributed by atoms with Crippen LogP contribution in [0.4, 0.5) is 5.69 Å². The van der Waals surface area contributed by atoms with Gasteiger partial charge in [0.15, 0.2) is 6.10 Å². The highest BCUT2D eigenvalue weighted by atomic mass is 16.5. The summed E-state index contributed by atoms with van der Waals surface area (Å²) < 4.78 is 7.72. The number of aryl methyl sites for hydroxylation is 3. The minimum atomic E-state index is -0.762. The summed E-state index contributed by atoms with van der Waals surface area (Å²) >= 11 is 0. The first-order chi connectivity index (χ1) is 16.4. The van der Waals surface area contributed by atoms with Crippen LogP contribution in [0.25, 0.3) is 22.1 Å². The second-order valence-electron chi connectivity index (χ2n) is 8.43. The van der Waals surface area contributed by atoms with E-state index < -0.39 is 6.10 Å². The zero-order chi connectivity index (χ0) is 23.8. The lowest BCUT2D eigenvalue weighted by Gasteiger charge is -2.32. The standard InChI is InChI=1S/C25H26N6O3/c1-4-30-14-26-21-11-17(5-8-22(21)30)25(33)31-9-10-34-23(13-31)24(32)29-18-6-7-19-20(12-18)28-16(3)15(2)27-19/h5-8,11-12,14,23H,4,9-10,13H2,1-3H3,(H,29,32). The fourth-order valence-corrected chi connectivity index (χ4v) is 4.15. The number of hydrogen-bond acceptors (Lipinski definition) is 6. The van der Waals surface area contributed by atoms with E-state index in [9.17, 15) is 9.59 Å². The Balaban J connectivity index is 1.29. The van der Waals surface area contributed by atoms with Gasteiger partial charge in [0.25, 0.3) is 11.8 Å². The molecule has 4 aromatic rings. The van der Waals surface area contributed by atoms with Crippen molar-refractivity contribution >= 4 is 39.6 Å². The van der Waals surface area contributed by atoms with Crippen LogP contribution >= 0.6 is 0 Å². The molecule has 2 amide bonds. The van der Waals surface area contributed by atoms with Crippen LogP contribution in [0, 0.1) is 13.8 Å². The second-order valence-corrected chi connectivity index (χ2v) is 8.43. The topological polar surface area (TPSA) is 102 Å². The molecule has 1 aliphatic heterocycles. The lowest BCUT2D eigenvalue weighted by atomic mass is 10.1. The molecule has 2 aromatic carbocycles. The Hall–Kier alpha value is -3.85. The first-order valence-corrected chi connectivity index (χ1v) is 11.3. The van der Waals surface area contributed by atoms with Gasteiger partial charge in [-0.1, -0.05) is 0 Å². The maximum Gasteiger partial charge on any atom is 0.255 e. The van der Waals surface area contributed by atoms with Crippen molar-refractivity contribution in [3.05, 3.63) is 59.7 Å². The summed E-state index contributed by atoms with van der Waals surface area (Å²) in [5.74, 6) is -0.438. The Morgan fingerprint density at radius 1 is 1.06 bits per heavy atom. The number of rotatable bonds is 4. The Morgan fingerprint density at radius 2 is 1.85 bits per heavy atom. The van der Waals surface area contributed by atoms with E-state index in [1.807, 2.05) is 43.5 Å². The lowest BCUT2D eigenvalue weighted by molar-refractivity contribution is -0.131. The molecule has 0 saturated carbocycles. The quantitative estimate of drug-likeness (QED) is 0.504. The molecule has 0 bridgehead atoms. The van der Waals surface area contributed by atoms with Crippen LogP contribution in [0.5, 0.6) is 0 Å². The van der Waals surface area contributed by atoms with Crippen LogP contribution in [0.15, 0.2) is 42.7 Å². The van der Waals surface area contributed by atoms with E-state index in [1.54, 1.807) is 29.4 Å². The van der Waals surface area contributed by atoms with E-state index >= 15 is 0 Å². The molecule has 2 aromatic heterocycles. The molecule has 1 N–H and O–H groups in total. The van der Waals surface area contributed by atoms with Crippen LogP contribution in [0.3, 0.4) is 0 Å². The van der Waals surface area contributed by atoms with Crippen molar-refractivity contribution in [1.82, 2.24) is 24.4 Å². The minimum Gasteiger partial charge on any atom is -0.365 e. The number of carbonyl (C=O) groups is 2. The van der Waals surface area contributed by atoms with Crippen molar-refractivity contribution in [2.24, 2.45) is 0 Å². The summed E-state index contributed by atoms with van der Waals surface area (Å²) in [6.45, 7) is 7.58. The molecule has 1 aliphatic rings. The molecule has 0 aliphatic carbocycles. The zero-order valence-corrected chi connectivity index (χ0v) is 19.4. The highest BCUT2D eigenvalue weighted by molar-refractivity contribution is 5.99. The molecule has 34 heavy (non-hydrogen) atoms. The first kappa shape index (κ1) is 22.0. The molecule has 9 nitrogen and oxygen atoms in total. The molecule has 1 fully saturated rings. The molecular formula is C25H26N6O3. The summed E-state index contributed by atoms with van der Waals surface area (Å²) in [6.07, 6.45) is 1.01. The SMILES string of the molecule is CCn1cnc2cc(C(=O)N3CCOC(C(=O)Nc4ccc5nc(C)c(C)nc5c4)C3)ccc21. The third kappa shape index (κ3) is 4.10. The Morgan fingerprint density at radius 3 is 2.65 bits per heavy atom. The van der Waals surface area contributed by atoms with E-state index in [0.717, 1.165) is 34.5 Å². The van der Waals surface area contributed by atoms with Crippen LogP contribution < -0.4 is 5.32 Å². The van der Waals surface area contributed by atoms with Gasteiger partial charge in [-0.3, -0.25) is 9.59 Å². The van der Waals surface area contributed by atoms with Gasteiger partial charge >= 0.3 is 0 Å². The number of morpholine rings is 1. The van der Waals surface area contributed by atoms with E-state index in [0.29, 0.717) is 23.3 Å². The average Bonchev–Trinajstić information content (AvgIpc) is 3.27. The molecule has 1 saturated heterocycles. The molecule has 1 unspecified atom stereocenters.